The van der Waals surface area contributed by atoms with Crippen LogP contribution in [0.2, 0.25) is 0 Å². The molecule has 0 amide bonds. The first-order valence-corrected chi connectivity index (χ1v) is 22.0. The number of esters is 1. The van der Waals surface area contributed by atoms with Crippen LogP contribution in [0, 0.1) is 0 Å². The topological polar surface area (TPSA) is 135 Å². The molecule has 0 spiro atoms. The first kappa shape index (κ1) is 51.6. The molecule has 0 bridgehead atoms. The minimum Gasteiger partial charge on any atom is -0.457 e. The highest BCUT2D eigenvalue weighted by Gasteiger charge is 2.44. The summed E-state index contributed by atoms with van der Waals surface area (Å²) in [5.41, 5.74) is 0. The van der Waals surface area contributed by atoms with E-state index in [-0.39, 0.29) is 19.2 Å². The molecule has 56 heavy (non-hydrogen) atoms. The molecule has 1 rings (SSSR count). The lowest BCUT2D eigenvalue weighted by molar-refractivity contribution is -0.305. The van der Waals surface area contributed by atoms with Crippen LogP contribution in [0.3, 0.4) is 0 Å². The molecular weight excluding hydrogens is 709 g/mol. The fraction of sp³-hybridized carbons (Fsp3) is 0.723. The van der Waals surface area contributed by atoms with Crippen molar-refractivity contribution in [2.45, 2.75) is 192 Å². The van der Waals surface area contributed by atoms with E-state index in [0.29, 0.717) is 13.0 Å². The minimum atomic E-state index is -1.54. The number of carbonyl (C=O) groups excluding carboxylic acids is 1. The highest BCUT2D eigenvalue weighted by Crippen LogP contribution is 2.22. The molecule has 0 aromatic heterocycles. The van der Waals surface area contributed by atoms with Crippen molar-refractivity contribution in [3.63, 3.8) is 0 Å². The van der Waals surface area contributed by atoms with Crippen LogP contribution < -0.4 is 0 Å². The van der Waals surface area contributed by atoms with Crippen molar-refractivity contribution in [1.29, 1.82) is 0 Å². The van der Waals surface area contributed by atoms with Crippen molar-refractivity contribution in [1.82, 2.24) is 0 Å². The molecule has 4 N–H and O–H groups in total. The van der Waals surface area contributed by atoms with Gasteiger partial charge in [-0.05, 0) is 77.0 Å². The second kappa shape index (κ2) is 38.2. The molecule has 0 aromatic rings. The zero-order valence-corrected chi connectivity index (χ0v) is 35.1. The Kier molecular flexibility index (Phi) is 35.2. The molecule has 6 atom stereocenters. The lowest BCUT2D eigenvalue weighted by atomic mass is 9.99. The minimum absolute atomic E-state index is 0.128. The van der Waals surface area contributed by atoms with E-state index in [9.17, 15) is 25.2 Å². The summed E-state index contributed by atoms with van der Waals surface area (Å²) in [6.07, 6.45) is 42.1. The van der Waals surface area contributed by atoms with Crippen LogP contribution in [0.15, 0.2) is 72.9 Å². The summed E-state index contributed by atoms with van der Waals surface area (Å²) in [6, 6.07) is 0. The molecule has 322 valence electrons. The van der Waals surface area contributed by atoms with Gasteiger partial charge in [-0.25, -0.2) is 0 Å². The number of aliphatic hydroxyl groups is 4. The number of ether oxygens (including phenoxy) is 4. The van der Waals surface area contributed by atoms with E-state index in [1.54, 1.807) is 0 Å². The third-order valence-electron chi connectivity index (χ3n) is 9.62. The Hall–Kier alpha value is -2.37. The smallest absolute Gasteiger partial charge is 0.306 e. The van der Waals surface area contributed by atoms with Crippen LogP contribution >= 0.6 is 0 Å². The number of hydrogen-bond donors (Lipinski definition) is 4. The molecule has 9 nitrogen and oxygen atoms in total. The van der Waals surface area contributed by atoms with Crippen LogP contribution in [0.1, 0.15) is 155 Å². The van der Waals surface area contributed by atoms with Gasteiger partial charge in [0.2, 0.25) is 0 Å². The Balaban J connectivity index is 2.29. The van der Waals surface area contributed by atoms with Gasteiger partial charge in [-0.1, -0.05) is 145 Å². The molecule has 9 heteroatoms. The van der Waals surface area contributed by atoms with E-state index < -0.39 is 43.4 Å². The van der Waals surface area contributed by atoms with E-state index in [2.05, 4.69) is 86.8 Å². The largest absolute Gasteiger partial charge is 0.457 e. The van der Waals surface area contributed by atoms with Gasteiger partial charge in [-0.15, -0.1) is 0 Å². The fourth-order valence-corrected chi connectivity index (χ4v) is 6.22. The lowest BCUT2D eigenvalue weighted by Crippen LogP contribution is -2.59. The first-order valence-electron chi connectivity index (χ1n) is 22.0. The Bertz CT molecular complexity index is 1080. The third-order valence-corrected chi connectivity index (χ3v) is 9.62. The normalized spacial score (nSPS) is 21.3. The number of allylic oxidation sites excluding steroid dienone is 12. The standard InChI is InChI=1S/C47H80O9/c1-3-5-7-9-11-13-15-17-19-20-21-23-25-27-29-31-33-35-37-53-39-41(40-54-47-46(52)45(51)44(50)42(38-48)56-47)55-43(49)36-34-32-30-28-26-24-22-18-16-14-12-10-8-6-4-2/h5-8,11-14,17-19,22,41-42,44-48,50-52H,3-4,9-10,15-16,20-21,23-40H2,1-2H3/b7-5-,8-6-,13-11-,14-12-,19-17-,22-18-. The van der Waals surface area contributed by atoms with Crippen LogP contribution in [-0.2, 0) is 23.7 Å². The van der Waals surface area contributed by atoms with E-state index in [1.807, 2.05) is 0 Å². The third kappa shape index (κ3) is 28.9. The second-order valence-corrected chi connectivity index (χ2v) is 14.7. The van der Waals surface area contributed by atoms with Gasteiger partial charge < -0.3 is 39.4 Å². The van der Waals surface area contributed by atoms with Crippen molar-refractivity contribution in [3.05, 3.63) is 72.9 Å². The van der Waals surface area contributed by atoms with Gasteiger partial charge >= 0.3 is 5.97 Å². The maximum atomic E-state index is 12.8. The van der Waals surface area contributed by atoms with Crippen molar-refractivity contribution < 1.29 is 44.2 Å². The molecule has 0 radical (unpaired) electrons. The maximum Gasteiger partial charge on any atom is 0.306 e. The lowest BCUT2D eigenvalue weighted by Gasteiger charge is -2.39. The van der Waals surface area contributed by atoms with Crippen LogP contribution in [0.5, 0.6) is 0 Å². The molecule has 1 heterocycles. The van der Waals surface area contributed by atoms with Gasteiger partial charge in [0.15, 0.2) is 6.29 Å². The average molecular weight is 789 g/mol. The van der Waals surface area contributed by atoms with E-state index in [4.69, 9.17) is 18.9 Å². The summed E-state index contributed by atoms with van der Waals surface area (Å²) < 4.78 is 22.8. The number of rotatable bonds is 36. The van der Waals surface area contributed by atoms with Crippen LogP contribution in [-0.4, -0.2) is 89.6 Å². The molecule has 1 aliphatic heterocycles. The van der Waals surface area contributed by atoms with Gasteiger partial charge in [0.05, 0.1) is 19.8 Å². The fourth-order valence-electron chi connectivity index (χ4n) is 6.22. The van der Waals surface area contributed by atoms with Gasteiger partial charge in [0, 0.05) is 13.0 Å². The molecular formula is C47H80O9. The highest BCUT2D eigenvalue weighted by atomic mass is 16.7. The van der Waals surface area contributed by atoms with Gasteiger partial charge in [0.1, 0.15) is 30.5 Å². The van der Waals surface area contributed by atoms with Crippen LogP contribution in [0.4, 0.5) is 0 Å². The van der Waals surface area contributed by atoms with E-state index in [1.165, 1.54) is 32.1 Å². The highest BCUT2D eigenvalue weighted by molar-refractivity contribution is 5.69. The second-order valence-electron chi connectivity index (χ2n) is 14.7. The molecule has 1 saturated heterocycles. The van der Waals surface area contributed by atoms with Crippen LogP contribution in [0.25, 0.3) is 0 Å². The van der Waals surface area contributed by atoms with Crippen molar-refractivity contribution in [2.24, 2.45) is 0 Å². The summed E-state index contributed by atoms with van der Waals surface area (Å²) in [5.74, 6) is -0.337. The van der Waals surface area contributed by atoms with E-state index >= 15 is 0 Å². The Morgan fingerprint density at radius 3 is 1.55 bits per heavy atom. The zero-order chi connectivity index (χ0) is 40.7. The molecule has 1 aliphatic rings. The molecule has 0 aromatic carbocycles. The molecule has 0 aliphatic carbocycles. The summed E-state index contributed by atoms with van der Waals surface area (Å²) in [4.78, 5) is 12.8. The zero-order valence-electron chi connectivity index (χ0n) is 35.1. The number of hydrogen-bond acceptors (Lipinski definition) is 9. The molecule has 0 saturated carbocycles. The van der Waals surface area contributed by atoms with Crippen molar-refractivity contribution in [2.75, 3.05) is 26.4 Å². The average Bonchev–Trinajstić information content (AvgIpc) is 3.20. The Morgan fingerprint density at radius 2 is 1.04 bits per heavy atom. The number of unbranched alkanes of at least 4 members (excludes halogenated alkanes) is 13. The van der Waals surface area contributed by atoms with Gasteiger partial charge in [-0.2, -0.15) is 0 Å². The predicted octanol–water partition coefficient (Wildman–Crippen LogP) is 9.69. The Morgan fingerprint density at radius 1 is 0.571 bits per heavy atom. The summed E-state index contributed by atoms with van der Waals surface area (Å²) in [7, 11) is 0. The van der Waals surface area contributed by atoms with Crippen molar-refractivity contribution >= 4 is 5.97 Å². The van der Waals surface area contributed by atoms with E-state index in [0.717, 1.165) is 103 Å². The summed E-state index contributed by atoms with van der Waals surface area (Å²) in [5, 5.41) is 40.1. The number of carbonyl (C=O) groups is 1. The molecule has 1 fully saturated rings. The van der Waals surface area contributed by atoms with Gasteiger partial charge in [0.25, 0.3) is 0 Å². The Labute approximate surface area is 340 Å². The molecule has 6 unspecified atom stereocenters. The summed E-state index contributed by atoms with van der Waals surface area (Å²) >= 11 is 0. The first-order chi connectivity index (χ1) is 27.4. The van der Waals surface area contributed by atoms with Crippen molar-refractivity contribution in [3.8, 4) is 0 Å². The summed E-state index contributed by atoms with van der Waals surface area (Å²) in [6.45, 7) is 4.28. The quantitative estimate of drug-likeness (QED) is 0.0278. The monoisotopic (exact) mass is 789 g/mol. The predicted molar refractivity (Wildman–Crippen MR) is 228 cm³/mol. The van der Waals surface area contributed by atoms with Gasteiger partial charge in [-0.3, -0.25) is 4.79 Å². The maximum absolute atomic E-state index is 12.8. The number of aliphatic hydroxyl groups excluding tert-OH is 4. The SMILES string of the molecule is CC/C=C\C/C=C\C/C=C\CCCCCCCCCCOCC(COC1OC(CO)C(O)C(O)C1O)OC(=O)CCCCCCC/C=C\C/C=C\C/C=C\CC.